The van der Waals surface area contributed by atoms with E-state index in [0.717, 1.165) is 28.2 Å². The van der Waals surface area contributed by atoms with Crippen LogP contribution in [-0.4, -0.2) is 36.4 Å². The first-order valence-electron chi connectivity index (χ1n) is 9.15. The Bertz CT molecular complexity index is 1350. The molecular formula is C20H19ClN4O4S. The van der Waals surface area contributed by atoms with Gasteiger partial charge in [0.1, 0.15) is 5.02 Å². The molecule has 8 nitrogen and oxygen atoms in total. The van der Waals surface area contributed by atoms with Crippen molar-refractivity contribution in [2.75, 3.05) is 17.6 Å². The van der Waals surface area contributed by atoms with Gasteiger partial charge in [0.05, 0.1) is 18.2 Å². The third-order valence-corrected chi connectivity index (χ3v) is 5.14. The van der Waals surface area contributed by atoms with Gasteiger partial charge in [-0.3, -0.25) is 9.71 Å². The third-order valence-electron chi connectivity index (χ3n) is 4.30. The molecule has 0 radical (unpaired) electrons. The summed E-state index contributed by atoms with van der Waals surface area (Å²) in [6, 6.07) is 5.35. The average Bonchev–Trinajstić information content (AvgIpc) is 3.04. The van der Waals surface area contributed by atoms with E-state index in [2.05, 4.69) is 19.8 Å². The highest BCUT2D eigenvalue weighted by atomic mass is 35.5. The summed E-state index contributed by atoms with van der Waals surface area (Å²) < 4.78 is 36.4. The highest BCUT2D eigenvalue weighted by Crippen LogP contribution is 2.35. The molecule has 10 heteroatoms. The number of hydrogen-bond donors (Lipinski definition) is 1. The maximum atomic E-state index is 11.6. The third kappa shape index (κ3) is 4.17. The number of nitrogens with zero attached hydrogens (tertiary/aromatic N) is 3. The predicted octanol–water partition coefficient (Wildman–Crippen LogP) is 4.50. The van der Waals surface area contributed by atoms with Crippen molar-refractivity contribution in [1.82, 2.24) is 15.1 Å². The number of fused-ring (bicyclic) bond motifs is 2. The lowest BCUT2D eigenvalue weighted by molar-refractivity contribution is 0.261. The summed E-state index contributed by atoms with van der Waals surface area (Å²) >= 11 is 6.37. The number of ether oxygens (including phenoxy) is 1. The van der Waals surface area contributed by atoms with Crippen LogP contribution in [0.1, 0.15) is 13.8 Å². The molecular weight excluding hydrogens is 428 g/mol. The summed E-state index contributed by atoms with van der Waals surface area (Å²) in [6.45, 7) is 4.62. The predicted molar refractivity (Wildman–Crippen MR) is 116 cm³/mol. The van der Waals surface area contributed by atoms with Crippen molar-refractivity contribution in [3.63, 3.8) is 0 Å². The van der Waals surface area contributed by atoms with E-state index in [1.165, 1.54) is 0 Å². The van der Waals surface area contributed by atoms with E-state index >= 15 is 0 Å². The fraction of sp³-hybridized carbons (Fsp3) is 0.250. The van der Waals surface area contributed by atoms with Gasteiger partial charge in [0.2, 0.25) is 15.9 Å². The van der Waals surface area contributed by atoms with Crippen molar-refractivity contribution in [1.29, 1.82) is 0 Å². The van der Waals surface area contributed by atoms with Crippen LogP contribution in [0.5, 0.6) is 5.88 Å². The Balaban J connectivity index is 1.78. The smallest absolute Gasteiger partial charge is 0.232 e. The van der Waals surface area contributed by atoms with E-state index in [1.807, 2.05) is 13.8 Å². The molecule has 0 spiro atoms. The topological polar surface area (TPSA) is 107 Å². The Hall–Kier alpha value is -2.91. The van der Waals surface area contributed by atoms with Gasteiger partial charge in [0.25, 0.3) is 0 Å². The van der Waals surface area contributed by atoms with Crippen LogP contribution in [0.4, 0.5) is 5.82 Å². The lowest BCUT2D eigenvalue weighted by Crippen LogP contribution is -2.09. The summed E-state index contributed by atoms with van der Waals surface area (Å²) in [5, 5.41) is 6.41. The fourth-order valence-corrected chi connectivity index (χ4v) is 3.73. The minimum Gasteiger partial charge on any atom is -0.476 e. The maximum absolute atomic E-state index is 11.6. The Labute approximate surface area is 178 Å². The standard InChI is InChI=1S/C20H19ClN4O4S/c1-11(2)10-28-20-17(21)5-13(8-23-20)16-9-22-7-12-4-15-18(6-14(12)16)29-24-19(15)25-30(3,26)27/h4-9,11H,10H2,1-3H3,(H,24,25). The van der Waals surface area contributed by atoms with Crippen molar-refractivity contribution in [2.45, 2.75) is 13.8 Å². The zero-order valence-corrected chi connectivity index (χ0v) is 18.1. The lowest BCUT2D eigenvalue weighted by Gasteiger charge is -2.11. The van der Waals surface area contributed by atoms with Crippen LogP contribution >= 0.6 is 11.6 Å². The van der Waals surface area contributed by atoms with Gasteiger partial charge in [-0.05, 0) is 29.5 Å². The van der Waals surface area contributed by atoms with E-state index in [-0.39, 0.29) is 5.82 Å². The van der Waals surface area contributed by atoms with Crippen LogP contribution in [0.2, 0.25) is 5.02 Å². The second-order valence-corrected chi connectivity index (χ2v) is 9.53. The Kier molecular flexibility index (Phi) is 5.25. The van der Waals surface area contributed by atoms with E-state index in [4.69, 9.17) is 20.9 Å². The number of sulfonamides is 1. The van der Waals surface area contributed by atoms with Crippen LogP contribution < -0.4 is 9.46 Å². The summed E-state index contributed by atoms with van der Waals surface area (Å²) in [7, 11) is -3.49. The molecule has 0 amide bonds. The first-order valence-corrected chi connectivity index (χ1v) is 11.4. The van der Waals surface area contributed by atoms with Crippen LogP contribution in [0, 0.1) is 5.92 Å². The molecule has 0 aliphatic heterocycles. The zero-order valence-electron chi connectivity index (χ0n) is 16.5. The number of pyridine rings is 2. The molecule has 4 aromatic rings. The molecule has 0 aliphatic rings. The molecule has 156 valence electrons. The van der Waals surface area contributed by atoms with Crippen LogP contribution in [0.15, 0.2) is 41.3 Å². The molecule has 1 N–H and O–H groups in total. The van der Waals surface area contributed by atoms with Gasteiger partial charge >= 0.3 is 0 Å². The van der Waals surface area contributed by atoms with Crippen molar-refractivity contribution < 1.29 is 17.7 Å². The van der Waals surface area contributed by atoms with E-state index in [9.17, 15) is 8.42 Å². The molecule has 0 unspecified atom stereocenters. The van der Waals surface area contributed by atoms with Crippen LogP contribution in [0.3, 0.4) is 0 Å². The quantitative estimate of drug-likeness (QED) is 0.464. The number of halogens is 1. The zero-order chi connectivity index (χ0) is 21.5. The Morgan fingerprint density at radius 2 is 1.97 bits per heavy atom. The molecule has 30 heavy (non-hydrogen) atoms. The van der Waals surface area contributed by atoms with Crippen LogP contribution in [-0.2, 0) is 10.0 Å². The first-order chi connectivity index (χ1) is 14.2. The summed E-state index contributed by atoms with van der Waals surface area (Å²) in [6.07, 6.45) is 6.13. The molecule has 0 saturated carbocycles. The van der Waals surface area contributed by atoms with E-state index in [1.54, 1.807) is 36.8 Å². The second-order valence-electron chi connectivity index (χ2n) is 7.38. The normalized spacial score (nSPS) is 12.0. The number of benzene rings is 1. The van der Waals surface area contributed by atoms with Gasteiger partial charge in [-0.15, -0.1) is 0 Å². The SMILES string of the molecule is CC(C)COc1ncc(-c2cncc3cc4c(NS(C)(=O)=O)noc4cc23)cc1Cl. The average molecular weight is 447 g/mol. The molecule has 0 saturated heterocycles. The molecule has 0 fully saturated rings. The second kappa shape index (κ2) is 7.73. The van der Waals surface area contributed by atoms with Crippen molar-refractivity contribution >= 4 is 49.2 Å². The van der Waals surface area contributed by atoms with Gasteiger partial charge in [-0.1, -0.05) is 30.6 Å². The molecule has 0 bridgehead atoms. The van der Waals surface area contributed by atoms with Gasteiger partial charge in [0.15, 0.2) is 11.4 Å². The van der Waals surface area contributed by atoms with Gasteiger partial charge in [-0.2, -0.15) is 0 Å². The van der Waals surface area contributed by atoms with E-state index in [0.29, 0.717) is 34.4 Å². The van der Waals surface area contributed by atoms with Crippen molar-refractivity contribution in [3.8, 4) is 17.0 Å². The van der Waals surface area contributed by atoms with E-state index < -0.39 is 10.0 Å². The minimum atomic E-state index is -3.49. The largest absolute Gasteiger partial charge is 0.476 e. The first kappa shape index (κ1) is 20.4. The Morgan fingerprint density at radius 3 is 2.67 bits per heavy atom. The van der Waals surface area contributed by atoms with Gasteiger partial charge in [0, 0.05) is 35.1 Å². The molecule has 0 aliphatic carbocycles. The molecule has 3 heterocycles. The number of nitrogens with one attached hydrogen (secondary N) is 1. The number of hydrogen-bond acceptors (Lipinski definition) is 7. The minimum absolute atomic E-state index is 0.135. The Morgan fingerprint density at radius 1 is 1.17 bits per heavy atom. The fourth-order valence-electron chi connectivity index (χ4n) is 3.01. The molecule has 3 aromatic heterocycles. The molecule has 4 rings (SSSR count). The van der Waals surface area contributed by atoms with Gasteiger partial charge < -0.3 is 9.26 Å². The summed E-state index contributed by atoms with van der Waals surface area (Å²) in [5.74, 6) is 0.879. The number of rotatable bonds is 6. The van der Waals surface area contributed by atoms with Crippen molar-refractivity contribution in [2.24, 2.45) is 5.92 Å². The van der Waals surface area contributed by atoms with Crippen LogP contribution in [0.25, 0.3) is 32.9 Å². The highest BCUT2D eigenvalue weighted by Gasteiger charge is 2.16. The number of aromatic nitrogens is 3. The van der Waals surface area contributed by atoms with Crippen molar-refractivity contribution in [3.05, 3.63) is 41.8 Å². The summed E-state index contributed by atoms with van der Waals surface area (Å²) in [5.41, 5.74) is 2.01. The maximum Gasteiger partial charge on any atom is 0.232 e. The number of anilines is 1. The molecule has 0 atom stereocenters. The van der Waals surface area contributed by atoms with Gasteiger partial charge in [-0.25, -0.2) is 13.4 Å². The summed E-state index contributed by atoms with van der Waals surface area (Å²) in [4.78, 5) is 8.65. The lowest BCUT2D eigenvalue weighted by atomic mass is 10.0. The monoisotopic (exact) mass is 446 g/mol. The molecule has 1 aromatic carbocycles. The highest BCUT2D eigenvalue weighted by molar-refractivity contribution is 7.92.